The Balaban J connectivity index is 2.60. The van der Waals surface area contributed by atoms with Crippen LogP contribution in [0.25, 0.3) is 0 Å². The van der Waals surface area contributed by atoms with Crippen LogP contribution in [0.1, 0.15) is 18.9 Å². The maximum atomic E-state index is 11.9. The van der Waals surface area contributed by atoms with E-state index in [1.165, 1.54) is 6.92 Å². The summed E-state index contributed by atoms with van der Waals surface area (Å²) in [5.74, 6) is -3.55. The fourth-order valence-corrected chi connectivity index (χ4v) is 1.67. The number of hydrogen-bond donors (Lipinski definition) is 4. The first-order valence-electron chi connectivity index (χ1n) is 7.01. The molecule has 1 aromatic rings. The van der Waals surface area contributed by atoms with Crippen molar-refractivity contribution >= 4 is 23.9 Å². The van der Waals surface area contributed by atoms with Gasteiger partial charge in [0.1, 0.15) is 18.7 Å². The molecule has 1 rings (SSSR count). The molecule has 0 aliphatic rings. The third-order valence-corrected chi connectivity index (χ3v) is 2.93. The average molecular weight is 338 g/mol. The van der Waals surface area contributed by atoms with Crippen LogP contribution in [0.15, 0.2) is 30.3 Å². The maximum Gasteiger partial charge on any atom is 0.408 e. The molecule has 0 aromatic heterocycles. The van der Waals surface area contributed by atoms with Crippen molar-refractivity contribution in [2.45, 2.75) is 32.0 Å². The molecular formula is C15H18N2O7. The Bertz CT molecular complexity index is 603. The number of hydrogen-bond acceptors (Lipinski definition) is 5. The summed E-state index contributed by atoms with van der Waals surface area (Å²) in [5, 5.41) is 21.8. The number of nitrogens with one attached hydrogen (secondary N) is 2. The predicted octanol–water partition coefficient (Wildman–Crippen LogP) is 0.345. The van der Waals surface area contributed by atoms with Crippen molar-refractivity contribution < 1.29 is 34.1 Å². The minimum atomic E-state index is -1.45. The van der Waals surface area contributed by atoms with E-state index in [0.717, 1.165) is 0 Å². The van der Waals surface area contributed by atoms with E-state index in [1.54, 1.807) is 30.3 Å². The summed E-state index contributed by atoms with van der Waals surface area (Å²) in [6, 6.07) is 6.07. The van der Waals surface area contributed by atoms with Gasteiger partial charge in [0.15, 0.2) is 0 Å². The molecule has 0 bridgehead atoms. The van der Waals surface area contributed by atoms with Gasteiger partial charge in [-0.05, 0) is 12.5 Å². The number of amides is 2. The Hall–Kier alpha value is -3.10. The third-order valence-electron chi connectivity index (χ3n) is 2.93. The summed E-state index contributed by atoms with van der Waals surface area (Å²) in [7, 11) is 0. The smallest absolute Gasteiger partial charge is 0.408 e. The number of carbonyl (C=O) groups is 4. The van der Waals surface area contributed by atoms with E-state index in [2.05, 4.69) is 10.6 Å². The minimum Gasteiger partial charge on any atom is -0.481 e. The molecule has 0 fully saturated rings. The highest BCUT2D eigenvalue weighted by Gasteiger charge is 2.26. The molecule has 0 radical (unpaired) electrons. The highest BCUT2D eigenvalue weighted by Crippen LogP contribution is 2.02. The van der Waals surface area contributed by atoms with Gasteiger partial charge in [-0.2, -0.15) is 0 Å². The summed E-state index contributed by atoms with van der Waals surface area (Å²) >= 11 is 0. The number of carbonyl (C=O) groups excluding carboxylic acids is 2. The normalized spacial score (nSPS) is 12.5. The quantitative estimate of drug-likeness (QED) is 0.535. The molecule has 2 atom stereocenters. The molecule has 0 aliphatic carbocycles. The van der Waals surface area contributed by atoms with E-state index in [0.29, 0.717) is 5.56 Å². The number of carboxylic acids is 2. The molecule has 0 saturated heterocycles. The molecule has 9 heteroatoms. The van der Waals surface area contributed by atoms with Crippen molar-refractivity contribution in [3.05, 3.63) is 35.9 Å². The van der Waals surface area contributed by atoms with Crippen LogP contribution in [0.3, 0.4) is 0 Å². The fraction of sp³-hybridized carbons (Fsp3) is 0.333. The average Bonchev–Trinajstić information content (AvgIpc) is 2.52. The molecule has 4 N–H and O–H groups in total. The van der Waals surface area contributed by atoms with E-state index < -0.39 is 42.4 Å². The zero-order valence-electron chi connectivity index (χ0n) is 12.9. The first-order chi connectivity index (χ1) is 11.3. The lowest BCUT2D eigenvalue weighted by molar-refractivity contribution is -0.142. The molecule has 1 aromatic carbocycles. The highest BCUT2D eigenvalue weighted by atomic mass is 16.5. The molecule has 0 spiro atoms. The zero-order chi connectivity index (χ0) is 18.1. The van der Waals surface area contributed by atoms with E-state index in [-0.39, 0.29) is 6.61 Å². The topological polar surface area (TPSA) is 142 Å². The van der Waals surface area contributed by atoms with Gasteiger partial charge < -0.3 is 25.6 Å². The maximum absolute atomic E-state index is 11.9. The van der Waals surface area contributed by atoms with Crippen molar-refractivity contribution in [3.8, 4) is 0 Å². The Morgan fingerprint density at radius 3 is 2.25 bits per heavy atom. The van der Waals surface area contributed by atoms with Crippen LogP contribution in [0.2, 0.25) is 0 Å². The zero-order valence-corrected chi connectivity index (χ0v) is 12.9. The second kappa shape index (κ2) is 9.13. The number of alkyl carbamates (subject to hydrolysis) is 1. The van der Waals surface area contributed by atoms with Gasteiger partial charge in [-0.1, -0.05) is 30.3 Å². The third kappa shape index (κ3) is 6.77. The molecule has 24 heavy (non-hydrogen) atoms. The Morgan fingerprint density at radius 1 is 1.08 bits per heavy atom. The Kier molecular flexibility index (Phi) is 7.21. The Morgan fingerprint density at radius 2 is 1.71 bits per heavy atom. The molecule has 130 valence electrons. The summed E-state index contributed by atoms with van der Waals surface area (Å²) in [6.07, 6.45) is -1.69. The minimum absolute atomic E-state index is 0.0559. The molecule has 0 aliphatic heterocycles. The van der Waals surface area contributed by atoms with Crippen molar-refractivity contribution in [2.75, 3.05) is 0 Å². The first kappa shape index (κ1) is 18.9. The van der Waals surface area contributed by atoms with Gasteiger partial charge in [0, 0.05) is 0 Å². The highest BCUT2D eigenvalue weighted by molar-refractivity contribution is 5.91. The lowest BCUT2D eigenvalue weighted by Crippen LogP contribution is -2.51. The van der Waals surface area contributed by atoms with Crippen LogP contribution in [0.5, 0.6) is 0 Å². The predicted molar refractivity (Wildman–Crippen MR) is 81.0 cm³/mol. The number of rotatable bonds is 8. The van der Waals surface area contributed by atoms with Gasteiger partial charge >= 0.3 is 18.0 Å². The van der Waals surface area contributed by atoms with Gasteiger partial charge in [-0.15, -0.1) is 0 Å². The SMILES string of the molecule is C[C@H](NC(=O)[C@H](CC(=O)O)NC(=O)OCc1ccccc1)C(=O)O. The molecule has 0 heterocycles. The molecule has 0 unspecified atom stereocenters. The lowest BCUT2D eigenvalue weighted by Gasteiger charge is -2.18. The fourth-order valence-electron chi connectivity index (χ4n) is 1.67. The lowest BCUT2D eigenvalue weighted by atomic mass is 10.2. The van der Waals surface area contributed by atoms with E-state index in [4.69, 9.17) is 14.9 Å². The van der Waals surface area contributed by atoms with Crippen LogP contribution >= 0.6 is 0 Å². The van der Waals surface area contributed by atoms with Crippen molar-refractivity contribution in [1.82, 2.24) is 10.6 Å². The first-order valence-corrected chi connectivity index (χ1v) is 7.01. The van der Waals surface area contributed by atoms with Gasteiger partial charge in [-0.25, -0.2) is 4.79 Å². The van der Waals surface area contributed by atoms with Crippen LogP contribution < -0.4 is 10.6 Å². The van der Waals surface area contributed by atoms with E-state index >= 15 is 0 Å². The second-order valence-electron chi connectivity index (χ2n) is 4.93. The summed E-state index contributed by atoms with van der Waals surface area (Å²) < 4.78 is 4.90. The van der Waals surface area contributed by atoms with Crippen LogP contribution in [0, 0.1) is 0 Å². The standard InChI is InChI=1S/C15H18N2O7/c1-9(14(21)22)16-13(20)11(7-12(18)19)17-15(23)24-8-10-5-3-2-4-6-10/h2-6,9,11H,7-8H2,1H3,(H,16,20)(H,17,23)(H,18,19)(H,21,22)/t9-,11-/m0/s1. The summed E-state index contributed by atoms with van der Waals surface area (Å²) in [5.41, 5.74) is 0.714. The number of ether oxygens (including phenoxy) is 1. The van der Waals surface area contributed by atoms with Gasteiger partial charge in [0.05, 0.1) is 6.42 Å². The second-order valence-corrected chi connectivity index (χ2v) is 4.93. The van der Waals surface area contributed by atoms with Crippen molar-refractivity contribution in [1.29, 1.82) is 0 Å². The van der Waals surface area contributed by atoms with Crippen molar-refractivity contribution in [3.63, 3.8) is 0 Å². The number of aliphatic carboxylic acids is 2. The van der Waals surface area contributed by atoms with Gasteiger partial charge in [0.2, 0.25) is 5.91 Å². The number of carboxylic acid groups (broad SMARTS) is 2. The molecular weight excluding hydrogens is 320 g/mol. The van der Waals surface area contributed by atoms with Crippen LogP contribution in [0.4, 0.5) is 4.79 Å². The molecule has 0 saturated carbocycles. The monoisotopic (exact) mass is 338 g/mol. The van der Waals surface area contributed by atoms with Crippen molar-refractivity contribution in [2.24, 2.45) is 0 Å². The summed E-state index contributed by atoms with van der Waals surface area (Å²) in [4.78, 5) is 45.1. The van der Waals surface area contributed by atoms with E-state index in [1.807, 2.05) is 0 Å². The van der Waals surface area contributed by atoms with E-state index in [9.17, 15) is 19.2 Å². The molecule has 9 nitrogen and oxygen atoms in total. The van der Waals surface area contributed by atoms with Gasteiger partial charge in [0.25, 0.3) is 0 Å². The number of benzene rings is 1. The summed E-state index contributed by atoms with van der Waals surface area (Å²) in [6.45, 7) is 1.16. The van der Waals surface area contributed by atoms with Crippen LogP contribution in [-0.4, -0.2) is 46.2 Å². The van der Waals surface area contributed by atoms with Crippen LogP contribution in [-0.2, 0) is 25.7 Å². The van der Waals surface area contributed by atoms with Gasteiger partial charge in [-0.3, -0.25) is 14.4 Å². The largest absolute Gasteiger partial charge is 0.481 e. The Labute approximate surface area is 137 Å². The molecule has 2 amide bonds.